The van der Waals surface area contributed by atoms with Gasteiger partial charge in [0.25, 0.3) is 0 Å². The van der Waals surface area contributed by atoms with Crippen LogP contribution in [0.1, 0.15) is 0 Å². The Hall–Kier alpha value is -1.65. The minimum absolute atomic E-state index is 0.587. The summed E-state index contributed by atoms with van der Waals surface area (Å²) in [7, 11) is 1.75. The molecule has 0 spiro atoms. The third-order valence-corrected chi connectivity index (χ3v) is 2.43. The van der Waals surface area contributed by atoms with Gasteiger partial charge in [0.15, 0.2) is 0 Å². The second-order valence-electron chi connectivity index (χ2n) is 3.55. The highest BCUT2D eigenvalue weighted by atomic mass is 19.4. The summed E-state index contributed by atoms with van der Waals surface area (Å²) in [4.78, 5) is 0. The van der Waals surface area contributed by atoms with Crippen LogP contribution in [0.4, 0.5) is 18.9 Å². The fourth-order valence-corrected chi connectivity index (χ4v) is 1.77. The minimum Gasteiger partial charge on any atom is -0.388 e. The minimum atomic E-state index is -4.19. The molecule has 0 amide bonds. The number of alkyl halides is 3. The summed E-state index contributed by atoms with van der Waals surface area (Å²) >= 11 is 0. The largest absolute Gasteiger partial charge is 0.406 e. The maximum Gasteiger partial charge on any atom is 0.406 e. The fraction of sp³-hybridized carbons (Fsp3) is 0.273. The number of anilines is 1. The molecule has 0 saturated heterocycles. The van der Waals surface area contributed by atoms with Crippen LogP contribution in [0.5, 0.6) is 0 Å². The van der Waals surface area contributed by atoms with E-state index < -0.39 is 12.7 Å². The lowest BCUT2D eigenvalue weighted by molar-refractivity contribution is -0.139. The Kier molecular flexibility index (Phi) is 2.53. The first-order chi connectivity index (χ1) is 7.51. The van der Waals surface area contributed by atoms with Gasteiger partial charge in [0.05, 0.1) is 5.52 Å². The standard InChI is InChI=1S/C11H11F3N2/c1-15-9-3-2-4-10-8(9)5-6-16(10)7-11(12,13)14/h2-6,15H,7H2,1H3. The van der Waals surface area contributed by atoms with Gasteiger partial charge in [0.2, 0.25) is 0 Å². The van der Waals surface area contributed by atoms with Crippen molar-refractivity contribution in [2.45, 2.75) is 12.7 Å². The van der Waals surface area contributed by atoms with Crippen LogP contribution in [-0.4, -0.2) is 17.8 Å². The van der Waals surface area contributed by atoms with Gasteiger partial charge in [-0.15, -0.1) is 0 Å². The van der Waals surface area contributed by atoms with Crippen molar-refractivity contribution in [3.8, 4) is 0 Å². The number of benzene rings is 1. The summed E-state index contributed by atoms with van der Waals surface area (Å²) in [6, 6.07) is 6.94. The zero-order chi connectivity index (χ0) is 11.8. The lowest BCUT2D eigenvalue weighted by atomic mass is 10.2. The molecule has 0 radical (unpaired) electrons. The summed E-state index contributed by atoms with van der Waals surface area (Å²) in [5.41, 5.74) is 1.42. The van der Waals surface area contributed by atoms with Crippen molar-refractivity contribution in [3.05, 3.63) is 30.5 Å². The van der Waals surface area contributed by atoms with E-state index in [2.05, 4.69) is 5.32 Å². The van der Waals surface area contributed by atoms with E-state index in [0.717, 1.165) is 11.1 Å². The van der Waals surface area contributed by atoms with Gasteiger partial charge < -0.3 is 9.88 Å². The third-order valence-electron chi connectivity index (χ3n) is 2.43. The van der Waals surface area contributed by atoms with Crippen molar-refractivity contribution >= 4 is 16.6 Å². The molecule has 5 heteroatoms. The molecular formula is C11H11F3N2. The molecule has 0 aliphatic carbocycles. The lowest BCUT2D eigenvalue weighted by Gasteiger charge is -2.09. The van der Waals surface area contributed by atoms with E-state index in [-0.39, 0.29) is 0 Å². The van der Waals surface area contributed by atoms with Crippen molar-refractivity contribution in [1.82, 2.24) is 4.57 Å². The van der Waals surface area contributed by atoms with Crippen molar-refractivity contribution < 1.29 is 13.2 Å². The number of hydrogen-bond acceptors (Lipinski definition) is 1. The van der Waals surface area contributed by atoms with Gasteiger partial charge in [-0.2, -0.15) is 13.2 Å². The quantitative estimate of drug-likeness (QED) is 0.834. The van der Waals surface area contributed by atoms with Crippen LogP contribution in [0.25, 0.3) is 10.9 Å². The zero-order valence-corrected chi connectivity index (χ0v) is 8.67. The Morgan fingerprint density at radius 1 is 1.25 bits per heavy atom. The molecule has 0 aliphatic heterocycles. The predicted molar refractivity (Wildman–Crippen MR) is 57.5 cm³/mol. The predicted octanol–water partition coefficient (Wildman–Crippen LogP) is 3.25. The Balaban J connectivity index is 2.49. The molecule has 0 saturated carbocycles. The average Bonchev–Trinajstić information content (AvgIpc) is 2.59. The van der Waals surface area contributed by atoms with E-state index in [1.54, 1.807) is 25.2 Å². The number of aromatic nitrogens is 1. The smallest absolute Gasteiger partial charge is 0.388 e. The van der Waals surface area contributed by atoms with E-state index in [1.807, 2.05) is 6.07 Å². The molecule has 2 aromatic rings. The van der Waals surface area contributed by atoms with Gasteiger partial charge in [-0.25, -0.2) is 0 Å². The Bertz CT molecular complexity index is 499. The van der Waals surface area contributed by atoms with Crippen molar-refractivity contribution in [2.24, 2.45) is 0 Å². The second-order valence-corrected chi connectivity index (χ2v) is 3.55. The molecule has 1 N–H and O–H groups in total. The number of hydrogen-bond donors (Lipinski definition) is 1. The van der Waals surface area contributed by atoms with Crippen LogP contribution >= 0.6 is 0 Å². The molecule has 1 aromatic heterocycles. The van der Waals surface area contributed by atoms with Gasteiger partial charge in [-0.05, 0) is 18.2 Å². The first-order valence-electron chi connectivity index (χ1n) is 4.83. The van der Waals surface area contributed by atoms with Crippen molar-refractivity contribution in [3.63, 3.8) is 0 Å². The molecular weight excluding hydrogens is 217 g/mol. The summed E-state index contributed by atoms with van der Waals surface area (Å²) in [5.74, 6) is 0. The van der Waals surface area contributed by atoms with E-state index >= 15 is 0 Å². The normalized spacial score (nSPS) is 12.0. The van der Waals surface area contributed by atoms with Crippen LogP contribution in [0, 0.1) is 0 Å². The van der Waals surface area contributed by atoms with Crippen molar-refractivity contribution in [2.75, 3.05) is 12.4 Å². The highest BCUT2D eigenvalue weighted by Gasteiger charge is 2.28. The molecule has 0 unspecified atom stereocenters. The lowest BCUT2D eigenvalue weighted by Crippen LogP contribution is -2.16. The highest BCUT2D eigenvalue weighted by molar-refractivity contribution is 5.92. The van der Waals surface area contributed by atoms with Crippen LogP contribution < -0.4 is 5.32 Å². The molecule has 1 aromatic carbocycles. The molecule has 0 atom stereocenters. The van der Waals surface area contributed by atoms with Gasteiger partial charge in [0, 0.05) is 24.3 Å². The maximum absolute atomic E-state index is 12.3. The van der Waals surface area contributed by atoms with Crippen LogP contribution in [-0.2, 0) is 6.54 Å². The van der Waals surface area contributed by atoms with Crippen LogP contribution in [0.2, 0.25) is 0 Å². The SMILES string of the molecule is CNc1cccc2c1ccn2CC(F)(F)F. The van der Waals surface area contributed by atoms with Gasteiger partial charge in [-0.3, -0.25) is 0 Å². The molecule has 2 nitrogen and oxygen atoms in total. The summed E-state index contributed by atoms with van der Waals surface area (Å²) in [6.07, 6.45) is -2.74. The maximum atomic E-state index is 12.3. The topological polar surface area (TPSA) is 17.0 Å². The number of rotatable bonds is 2. The number of nitrogens with zero attached hydrogens (tertiary/aromatic N) is 1. The molecule has 16 heavy (non-hydrogen) atoms. The third kappa shape index (κ3) is 1.98. The molecule has 2 rings (SSSR count). The second kappa shape index (κ2) is 3.73. The molecule has 0 aliphatic rings. The molecule has 0 bridgehead atoms. The van der Waals surface area contributed by atoms with Gasteiger partial charge in [-0.1, -0.05) is 6.07 Å². The first kappa shape index (κ1) is 10.9. The molecule has 0 fully saturated rings. The fourth-order valence-electron chi connectivity index (χ4n) is 1.77. The zero-order valence-electron chi connectivity index (χ0n) is 8.67. The Morgan fingerprint density at radius 2 is 2.00 bits per heavy atom. The van der Waals surface area contributed by atoms with E-state index in [1.165, 1.54) is 10.8 Å². The van der Waals surface area contributed by atoms with Gasteiger partial charge >= 0.3 is 6.18 Å². The van der Waals surface area contributed by atoms with E-state index in [9.17, 15) is 13.2 Å². The molecule has 1 heterocycles. The number of fused-ring (bicyclic) bond motifs is 1. The Labute approximate surface area is 90.7 Å². The monoisotopic (exact) mass is 228 g/mol. The van der Waals surface area contributed by atoms with Crippen LogP contribution in [0.3, 0.4) is 0 Å². The molecule has 86 valence electrons. The first-order valence-corrected chi connectivity index (χ1v) is 4.83. The summed E-state index contributed by atoms with van der Waals surface area (Å²) in [5, 5.41) is 3.75. The average molecular weight is 228 g/mol. The number of halogens is 3. The Morgan fingerprint density at radius 3 is 2.62 bits per heavy atom. The van der Waals surface area contributed by atoms with Crippen molar-refractivity contribution in [1.29, 1.82) is 0 Å². The van der Waals surface area contributed by atoms with Gasteiger partial charge in [0.1, 0.15) is 6.54 Å². The number of nitrogens with one attached hydrogen (secondary N) is 1. The van der Waals surface area contributed by atoms with Crippen LogP contribution in [0.15, 0.2) is 30.5 Å². The summed E-state index contributed by atoms with van der Waals surface area (Å²) in [6.45, 7) is -0.955. The summed E-state index contributed by atoms with van der Waals surface area (Å²) < 4.78 is 38.1. The van der Waals surface area contributed by atoms with E-state index in [4.69, 9.17) is 0 Å². The van der Waals surface area contributed by atoms with E-state index in [0.29, 0.717) is 5.52 Å². The highest BCUT2D eigenvalue weighted by Crippen LogP contribution is 2.27.